The van der Waals surface area contributed by atoms with E-state index in [0.29, 0.717) is 6.54 Å². The number of carbonyl (C=O) groups is 1. The summed E-state index contributed by atoms with van der Waals surface area (Å²) in [5.41, 5.74) is 0.0285. The van der Waals surface area contributed by atoms with Gasteiger partial charge in [0.1, 0.15) is 5.69 Å². The molecule has 3 rings (SSSR count). The van der Waals surface area contributed by atoms with Crippen LogP contribution >= 0.6 is 12.4 Å². The van der Waals surface area contributed by atoms with Gasteiger partial charge in [-0.25, -0.2) is 4.98 Å². The molecule has 9 heteroatoms. The maximum absolute atomic E-state index is 13.3. The summed E-state index contributed by atoms with van der Waals surface area (Å²) in [5, 5.41) is 3.32. The lowest BCUT2D eigenvalue weighted by atomic mass is 10.0. The van der Waals surface area contributed by atoms with Gasteiger partial charge in [0.25, 0.3) is 5.91 Å². The Morgan fingerprint density at radius 2 is 2.00 bits per heavy atom. The largest absolute Gasteiger partial charge is 0.433 e. The molecule has 2 aromatic heterocycles. The van der Waals surface area contributed by atoms with Crippen LogP contribution in [0, 0.1) is 6.92 Å². The second-order valence-electron chi connectivity index (χ2n) is 6.92. The summed E-state index contributed by atoms with van der Waals surface area (Å²) >= 11 is 0. The van der Waals surface area contributed by atoms with Crippen molar-refractivity contribution in [2.75, 3.05) is 13.1 Å². The smallest absolute Gasteiger partial charge is 0.330 e. The zero-order valence-electron chi connectivity index (χ0n) is 16.1. The number of halogens is 4. The van der Waals surface area contributed by atoms with Crippen molar-refractivity contribution in [2.24, 2.45) is 0 Å². The Morgan fingerprint density at radius 3 is 2.66 bits per heavy atom. The Morgan fingerprint density at radius 1 is 1.21 bits per heavy atom. The van der Waals surface area contributed by atoms with E-state index in [1.165, 1.54) is 13.0 Å². The summed E-state index contributed by atoms with van der Waals surface area (Å²) in [7, 11) is 0. The van der Waals surface area contributed by atoms with Crippen molar-refractivity contribution in [3.63, 3.8) is 0 Å². The van der Waals surface area contributed by atoms with Crippen LogP contribution in [-0.4, -0.2) is 39.9 Å². The molecule has 5 nitrogen and oxygen atoms in total. The first-order valence-electron chi connectivity index (χ1n) is 9.32. The molecule has 29 heavy (non-hydrogen) atoms. The van der Waals surface area contributed by atoms with Crippen LogP contribution in [-0.2, 0) is 12.7 Å². The lowest BCUT2D eigenvalue weighted by Gasteiger charge is -2.31. The monoisotopic (exact) mass is 428 g/mol. The van der Waals surface area contributed by atoms with Gasteiger partial charge in [-0.3, -0.25) is 9.78 Å². The molecule has 158 valence electrons. The average molecular weight is 429 g/mol. The molecule has 1 unspecified atom stereocenters. The minimum atomic E-state index is -4.53. The van der Waals surface area contributed by atoms with Crippen LogP contribution in [0.2, 0.25) is 0 Å². The summed E-state index contributed by atoms with van der Waals surface area (Å²) in [5.74, 6) is -0.309. The van der Waals surface area contributed by atoms with Gasteiger partial charge in [0.05, 0.1) is 23.5 Å². The summed E-state index contributed by atoms with van der Waals surface area (Å²) in [4.78, 5) is 23.0. The highest BCUT2D eigenvalue weighted by molar-refractivity contribution is 5.95. The minimum Gasteiger partial charge on any atom is -0.330 e. The number of aromatic nitrogens is 2. The van der Waals surface area contributed by atoms with Gasteiger partial charge in [0.2, 0.25) is 0 Å². The molecule has 0 saturated carbocycles. The Hall–Kier alpha value is -2.19. The number of hydrogen-bond donors (Lipinski definition) is 1. The van der Waals surface area contributed by atoms with Crippen molar-refractivity contribution in [3.05, 3.63) is 59.2 Å². The molecule has 1 N–H and O–H groups in total. The zero-order chi connectivity index (χ0) is 20.1. The molecule has 1 amide bonds. The molecule has 3 heterocycles. The molecule has 1 saturated heterocycles. The lowest BCUT2D eigenvalue weighted by molar-refractivity contribution is -0.141. The third-order valence-corrected chi connectivity index (χ3v) is 4.91. The van der Waals surface area contributed by atoms with Gasteiger partial charge in [-0.05, 0) is 63.5 Å². The number of rotatable bonds is 4. The molecule has 0 aromatic carbocycles. The second-order valence-corrected chi connectivity index (χ2v) is 6.92. The van der Waals surface area contributed by atoms with E-state index in [-0.39, 0.29) is 35.6 Å². The molecule has 1 fully saturated rings. The SMILES string of the molecule is Cc1nc(C(F)(F)F)ccc1C(=O)N(Cc1ccccn1)C1CCCNCC1.Cl. The van der Waals surface area contributed by atoms with Gasteiger partial charge in [0, 0.05) is 12.2 Å². The first-order chi connectivity index (χ1) is 13.4. The molecule has 0 aliphatic carbocycles. The fourth-order valence-electron chi connectivity index (χ4n) is 3.44. The second kappa shape index (κ2) is 10.0. The number of nitrogens with zero attached hydrogens (tertiary/aromatic N) is 3. The van der Waals surface area contributed by atoms with Crippen molar-refractivity contribution in [3.8, 4) is 0 Å². The quantitative estimate of drug-likeness (QED) is 0.799. The third-order valence-electron chi connectivity index (χ3n) is 4.91. The van der Waals surface area contributed by atoms with Crippen molar-refractivity contribution in [1.29, 1.82) is 0 Å². The van der Waals surface area contributed by atoms with Gasteiger partial charge in [-0.2, -0.15) is 13.2 Å². The number of hydrogen-bond acceptors (Lipinski definition) is 4. The lowest BCUT2D eigenvalue weighted by Crippen LogP contribution is -2.41. The molecule has 0 radical (unpaired) electrons. The Labute approximate surface area is 174 Å². The number of alkyl halides is 3. The van der Waals surface area contributed by atoms with Crippen LogP contribution in [0.5, 0.6) is 0 Å². The number of aryl methyl sites for hydroxylation is 1. The van der Waals surface area contributed by atoms with Gasteiger partial charge in [0.15, 0.2) is 0 Å². The van der Waals surface area contributed by atoms with E-state index >= 15 is 0 Å². The predicted octanol–water partition coefficient (Wildman–Crippen LogP) is 4.01. The number of nitrogens with one attached hydrogen (secondary N) is 1. The number of carbonyl (C=O) groups excluding carboxylic acids is 1. The van der Waals surface area contributed by atoms with E-state index in [9.17, 15) is 18.0 Å². The molecule has 1 aliphatic rings. The van der Waals surface area contributed by atoms with Crippen molar-refractivity contribution in [1.82, 2.24) is 20.2 Å². The van der Waals surface area contributed by atoms with Crippen molar-refractivity contribution >= 4 is 18.3 Å². The van der Waals surface area contributed by atoms with Gasteiger partial charge < -0.3 is 10.2 Å². The molecular weight excluding hydrogens is 405 g/mol. The first kappa shape index (κ1) is 23.1. The summed E-state index contributed by atoms with van der Waals surface area (Å²) in [6, 6.07) is 7.58. The van der Waals surface area contributed by atoms with E-state index in [0.717, 1.165) is 44.1 Å². The van der Waals surface area contributed by atoms with E-state index in [4.69, 9.17) is 0 Å². The standard InChI is InChI=1S/C20H23F3N4O.ClH/c1-14-17(7-8-18(26-14)20(21,22)23)19(28)27(13-15-5-2-3-11-25-15)16-6-4-10-24-12-9-16;/h2-3,5,7-8,11,16,24H,4,6,9-10,12-13H2,1H3;1H. The molecule has 2 aromatic rings. The van der Waals surface area contributed by atoms with Crippen LogP contribution in [0.15, 0.2) is 36.5 Å². The Bertz CT molecular complexity index is 809. The highest BCUT2D eigenvalue weighted by Gasteiger charge is 2.34. The Balaban J connectivity index is 0.00000300. The fourth-order valence-corrected chi connectivity index (χ4v) is 3.44. The average Bonchev–Trinajstić information content (AvgIpc) is 2.95. The minimum absolute atomic E-state index is 0. The molecular formula is C20H24ClF3N4O. The first-order valence-corrected chi connectivity index (χ1v) is 9.32. The fraction of sp³-hybridized carbons (Fsp3) is 0.450. The van der Waals surface area contributed by atoms with E-state index in [1.54, 1.807) is 17.2 Å². The third kappa shape index (κ3) is 5.90. The van der Waals surface area contributed by atoms with Gasteiger partial charge >= 0.3 is 6.18 Å². The van der Waals surface area contributed by atoms with E-state index < -0.39 is 11.9 Å². The Kier molecular flexibility index (Phi) is 7.98. The summed E-state index contributed by atoms with van der Waals surface area (Å²) in [6.45, 7) is 3.44. The van der Waals surface area contributed by atoms with Crippen LogP contribution in [0.1, 0.15) is 46.7 Å². The molecule has 0 spiro atoms. The maximum Gasteiger partial charge on any atom is 0.433 e. The number of pyridine rings is 2. The molecule has 0 bridgehead atoms. The highest BCUT2D eigenvalue weighted by Crippen LogP contribution is 2.29. The van der Waals surface area contributed by atoms with E-state index in [2.05, 4.69) is 15.3 Å². The van der Waals surface area contributed by atoms with Gasteiger partial charge in [-0.1, -0.05) is 6.07 Å². The zero-order valence-corrected chi connectivity index (χ0v) is 16.9. The van der Waals surface area contributed by atoms with Crippen molar-refractivity contribution in [2.45, 2.75) is 44.9 Å². The van der Waals surface area contributed by atoms with Crippen LogP contribution in [0.25, 0.3) is 0 Å². The van der Waals surface area contributed by atoms with Crippen LogP contribution in [0.3, 0.4) is 0 Å². The topological polar surface area (TPSA) is 58.1 Å². The normalized spacial score (nSPS) is 17.2. The molecule has 1 aliphatic heterocycles. The van der Waals surface area contributed by atoms with Gasteiger partial charge in [-0.15, -0.1) is 12.4 Å². The van der Waals surface area contributed by atoms with Crippen molar-refractivity contribution < 1.29 is 18.0 Å². The molecule has 1 atom stereocenters. The van der Waals surface area contributed by atoms with E-state index in [1.807, 2.05) is 12.1 Å². The maximum atomic E-state index is 13.3. The highest BCUT2D eigenvalue weighted by atomic mass is 35.5. The number of amides is 1. The summed E-state index contributed by atoms with van der Waals surface area (Å²) in [6.07, 6.45) is -0.324. The van der Waals surface area contributed by atoms with Crippen LogP contribution in [0.4, 0.5) is 13.2 Å². The summed E-state index contributed by atoms with van der Waals surface area (Å²) < 4.78 is 38.7. The van der Waals surface area contributed by atoms with Crippen LogP contribution < -0.4 is 5.32 Å². The predicted molar refractivity (Wildman–Crippen MR) is 106 cm³/mol.